The predicted octanol–water partition coefficient (Wildman–Crippen LogP) is 0.549. The topological polar surface area (TPSA) is 109 Å². The number of carbonyl (C=O) groups excluding carboxylic acids is 2. The molecule has 2 N–H and O–H groups in total. The van der Waals surface area contributed by atoms with Crippen LogP contribution in [-0.4, -0.2) is 64.2 Å². The SMILES string of the molecule is COC(=O)[C@@H]1CC(ON(O)O)CN1C(=O)OC(C)(C)C. The van der Waals surface area contributed by atoms with Gasteiger partial charge in [-0.1, -0.05) is 0 Å². The number of nitrogens with zero attached hydrogens (tertiary/aromatic N) is 2. The van der Waals surface area contributed by atoms with Crippen LogP contribution in [0.1, 0.15) is 27.2 Å². The highest BCUT2D eigenvalue weighted by Gasteiger charge is 2.43. The molecule has 1 rings (SSSR count). The fourth-order valence-electron chi connectivity index (χ4n) is 1.89. The van der Waals surface area contributed by atoms with E-state index < -0.39 is 35.2 Å². The molecule has 1 unspecified atom stereocenters. The van der Waals surface area contributed by atoms with E-state index in [1.807, 2.05) is 0 Å². The Kier molecular flexibility index (Phi) is 5.28. The Morgan fingerprint density at radius 2 is 1.90 bits per heavy atom. The number of hydrogen-bond acceptors (Lipinski definition) is 8. The average Bonchev–Trinajstić information content (AvgIpc) is 2.68. The molecule has 0 bridgehead atoms. The molecule has 0 aliphatic carbocycles. The lowest BCUT2D eigenvalue weighted by Crippen LogP contribution is -2.44. The maximum absolute atomic E-state index is 12.0. The largest absolute Gasteiger partial charge is 0.467 e. The van der Waals surface area contributed by atoms with Crippen LogP contribution in [0.5, 0.6) is 0 Å². The number of carbonyl (C=O) groups is 2. The molecule has 1 saturated heterocycles. The average molecular weight is 292 g/mol. The van der Waals surface area contributed by atoms with Crippen LogP contribution in [-0.2, 0) is 19.1 Å². The lowest BCUT2D eigenvalue weighted by atomic mass is 10.2. The van der Waals surface area contributed by atoms with Gasteiger partial charge in [-0.15, -0.1) is 0 Å². The van der Waals surface area contributed by atoms with E-state index >= 15 is 0 Å². The summed E-state index contributed by atoms with van der Waals surface area (Å²) < 4.78 is 9.80. The van der Waals surface area contributed by atoms with Crippen molar-refractivity contribution in [2.75, 3.05) is 13.7 Å². The van der Waals surface area contributed by atoms with Gasteiger partial charge in [0.1, 0.15) is 17.7 Å². The molecule has 116 valence electrons. The minimum Gasteiger partial charge on any atom is -0.467 e. The first kappa shape index (κ1) is 16.6. The molecule has 0 aromatic heterocycles. The van der Waals surface area contributed by atoms with Gasteiger partial charge in [0.2, 0.25) is 0 Å². The van der Waals surface area contributed by atoms with Crippen molar-refractivity contribution < 1.29 is 34.3 Å². The molecule has 1 amide bonds. The van der Waals surface area contributed by atoms with Crippen LogP contribution >= 0.6 is 0 Å². The van der Waals surface area contributed by atoms with Crippen LogP contribution in [0.2, 0.25) is 0 Å². The smallest absolute Gasteiger partial charge is 0.411 e. The normalized spacial score (nSPS) is 23.1. The number of methoxy groups -OCH3 is 1. The second-order valence-electron chi connectivity index (χ2n) is 5.39. The quantitative estimate of drug-likeness (QED) is 0.573. The molecule has 2 atom stereocenters. The van der Waals surface area contributed by atoms with Gasteiger partial charge in [-0.05, 0) is 20.8 Å². The number of hydrogen-bond donors (Lipinski definition) is 2. The van der Waals surface area contributed by atoms with Crippen molar-refractivity contribution in [1.82, 2.24) is 10.3 Å². The van der Waals surface area contributed by atoms with Gasteiger partial charge in [0.05, 0.1) is 19.0 Å². The number of rotatable bonds is 3. The van der Waals surface area contributed by atoms with Crippen molar-refractivity contribution in [3.8, 4) is 0 Å². The molecule has 0 radical (unpaired) electrons. The zero-order valence-corrected chi connectivity index (χ0v) is 11.9. The Morgan fingerprint density at radius 3 is 2.35 bits per heavy atom. The Bertz CT molecular complexity index is 366. The summed E-state index contributed by atoms with van der Waals surface area (Å²) in [5, 5.41) is 16.8. The van der Waals surface area contributed by atoms with Gasteiger partial charge in [-0.2, -0.15) is 0 Å². The van der Waals surface area contributed by atoms with Crippen molar-refractivity contribution >= 4 is 12.1 Å². The lowest BCUT2D eigenvalue weighted by Gasteiger charge is -2.27. The maximum atomic E-state index is 12.0. The Morgan fingerprint density at radius 1 is 1.30 bits per heavy atom. The van der Waals surface area contributed by atoms with Crippen LogP contribution in [0, 0.1) is 0 Å². The van der Waals surface area contributed by atoms with Gasteiger partial charge in [0.25, 0.3) is 0 Å². The third-order valence-corrected chi connectivity index (χ3v) is 2.61. The van der Waals surface area contributed by atoms with Crippen molar-refractivity contribution in [1.29, 1.82) is 0 Å². The molecule has 0 saturated carbocycles. The van der Waals surface area contributed by atoms with Crippen LogP contribution in [0.3, 0.4) is 0 Å². The first-order valence-corrected chi connectivity index (χ1v) is 6.06. The zero-order chi connectivity index (χ0) is 15.5. The van der Waals surface area contributed by atoms with Crippen LogP contribution < -0.4 is 0 Å². The first-order chi connectivity index (χ1) is 9.14. The summed E-state index contributed by atoms with van der Waals surface area (Å²) in [5.41, 5.74) is -0.712. The Labute approximate surface area is 116 Å². The zero-order valence-electron chi connectivity index (χ0n) is 11.9. The minimum absolute atomic E-state index is 0.0215. The molecular formula is C11H20N2O7. The van der Waals surface area contributed by atoms with Crippen LogP contribution in [0.25, 0.3) is 0 Å². The third kappa shape index (κ3) is 4.60. The molecule has 20 heavy (non-hydrogen) atoms. The summed E-state index contributed by atoms with van der Waals surface area (Å²) in [6, 6.07) is -0.889. The van der Waals surface area contributed by atoms with Crippen molar-refractivity contribution in [3.05, 3.63) is 0 Å². The van der Waals surface area contributed by atoms with Gasteiger partial charge < -0.3 is 9.47 Å². The highest BCUT2D eigenvalue weighted by Crippen LogP contribution is 2.24. The molecule has 1 aliphatic heterocycles. The summed E-state index contributed by atoms with van der Waals surface area (Å²) in [5.74, 6) is -0.621. The highest BCUT2D eigenvalue weighted by molar-refractivity contribution is 5.82. The Hall–Kier alpha value is -1.42. The standard InChI is InChI=1S/C11H20N2O7/c1-11(2,3)19-10(15)12-6-7(20-13(16)17)5-8(12)9(14)18-4/h7-8,16-17H,5-6H2,1-4H3/t7?,8-/m0/s1. The summed E-state index contributed by atoms with van der Waals surface area (Å²) in [6.07, 6.45) is -1.37. The van der Waals surface area contributed by atoms with Gasteiger partial charge in [-0.3, -0.25) is 15.3 Å². The second-order valence-corrected chi connectivity index (χ2v) is 5.39. The fourth-order valence-corrected chi connectivity index (χ4v) is 1.89. The summed E-state index contributed by atoms with van der Waals surface area (Å²) in [6.45, 7) is 5.08. The number of esters is 1. The first-order valence-electron chi connectivity index (χ1n) is 6.06. The van der Waals surface area contributed by atoms with E-state index in [9.17, 15) is 9.59 Å². The van der Waals surface area contributed by atoms with Crippen LogP contribution in [0.4, 0.5) is 4.79 Å². The molecule has 0 spiro atoms. The number of ether oxygens (including phenoxy) is 2. The Balaban J connectivity index is 2.79. The molecule has 1 fully saturated rings. The van der Waals surface area contributed by atoms with E-state index in [1.54, 1.807) is 20.8 Å². The molecule has 0 aromatic carbocycles. The number of likely N-dealkylation sites (tertiary alicyclic amines) is 1. The molecule has 9 nitrogen and oxygen atoms in total. The molecule has 1 aliphatic rings. The van der Waals surface area contributed by atoms with E-state index in [2.05, 4.69) is 9.57 Å². The van der Waals surface area contributed by atoms with Gasteiger partial charge >= 0.3 is 12.1 Å². The second kappa shape index (κ2) is 6.35. The van der Waals surface area contributed by atoms with Gasteiger partial charge in [0.15, 0.2) is 0 Å². The maximum Gasteiger partial charge on any atom is 0.411 e. The monoisotopic (exact) mass is 292 g/mol. The summed E-state index contributed by atoms with van der Waals surface area (Å²) >= 11 is 0. The summed E-state index contributed by atoms with van der Waals surface area (Å²) in [7, 11) is 1.20. The van der Waals surface area contributed by atoms with Crippen molar-refractivity contribution in [3.63, 3.8) is 0 Å². The fraction of sp³-hybridized carbons (Fsp3) is 0.818. The van der Waals surface area contributed by atoms with E-state index in [0.717, 1.165) is 4.90 Å². The predicted molar refractivity (Wildman–Crippen MR) is 63.6 cm³/mol. The van der Waals surface area contributed by atoms with E-state index in [1.165, 1.54) is 7.11 Å². The van der Waals surface area contributed by atoms with E-state index in [0.29, 0.717) is 0 Å². The van der Waals surface area contributed by atoms with Crippen molar-refractivity contribution in [2.24, 2.45) is 0 Å². The highest BCUT2D eigenvalue weighted by atomic mass is 17.1. The third-order valence-electron chi connectivity index (χ3n) is 2.61. The minimum atomic E-state index is -0.889. The van der Waals surface area contributed by atoms with E-state index in [4.69, 9.17) is 15.2 Å². The van der Waals surface area contributed by atoms with Gasteiger partial charge in [0, 0.05) is 6.42 Å². The molecule has 9 heteroatoms. The van der Waals surface area contributed by atoms with Crippen molar-refractivity contribution in [2.45, 2.75) is 44.9 Å². The molecular weight excluding hydrogens is 272 g/mol. The van der Waals surface area contributed by atoms with Gasteiger partial charge in [-0.25, -0.2) is 14.4 Å². The van der Waals surface area contributed by atoms with Crippen LogP contribution in [0.15, 0.2) is 0 Å². The molecule has 0 aromatic rings. The lowest BCUT2D eigenvalue weighted by molar-refractivity contribution is -0.503. The summed E-state index contributed by atoms with van der Waals surface area (Å²) in [4.78, 5) is 29.5. The molecule has 1 heterocycles. The number of amides is 1. The van der Waals surface area contributed by atoms with E-state index in [-0.39, 0.29) is 13.0 Å².